The number of oxime groups is 1. The predicted octanol–water partition coefficient (Wildman–Crippen LogP) is 0.977. The van der Waals surface area contributed by atoms with E-state index in [-0.39, 0.29) is 17.7 Å². The second kappa shape index (κ2) is 4.68. The molecule has 1 aromatic carbocycles. The van der Waals surface area contributed by atoms with Gasteiger partial charge in [0.25, 0.3) is 0 Å². The Morgan fingerprint density at radius 1 is 1.50 bits per heavy atom. The maximum atomic E-state index is 11.6. The van der Waals surface area contributed by atoms with Gasteiger partial charge in [0.2, 0.25) is 0 Å². The number of nitrogens with zero attached hydrogens (tertiary/aromatic N) is 1. The predicted molar refractivity (Wildman–Crippen MR) is 66.6 cm³/mol. The van der Waals surface area contributed by atoms with Crippen LogP contribution in [0.2, 0.25) is 0 Å². The van der Waals surface area contributed by atoms with Crippen LogP contribution in [0.5, 0.6) is 0 Å². The van der Waals surface area contributed by atoms with E-state index < -0.39 is 0 Å². The molecule has 0 aromatic heterocycles. The highest BCUT2D eigenvalue weighted by molar-refractivity contribution is 5.98. The number of fused-ring (bicyclic) bond motifs is 1. The lowest BCUT2D eigenvalue weighted by Crippen LogP contribution is -2.16. The molecular formula is C13H16N2O3. The molecular weight excluding hydrogens is 232 g/mol. The largest absolute Gasteiger partial charge is 0.469 e. The van der Waals surface area contributed by atoms with Gasteiger partial charge in [0.05, 0.1) is 13.0 Å². The molecule has 1 aliphatic rings. The molecule has 0 fully saturated rings. The van der Waals surface area contributed by atoms with E-state index in [2.05, 4.69) is 5.16 Å². The first-order valence-electron chi connectivity index (χ1n) is 5.75. The van der Waals surface area contributed by atoms with Gasteiger partial charge in [0.1, 0.15) is 0 Å². The third-order valence-corrected chi connectivity index (χ3v) is 3.53. The van der Waals surface area contributed by atoms with E-state index in [4.69, 9.17) is 15.7 Å². The number of ether oxygens (including phenoxy) is 1. The molecule has 0 bridgehead atoms. The summed E-state index contributed by atoms with van der Waals surface area (Å²) in [6.45, 7) is 1.92. The third-order valence-electron chi connectivity index (χ3n) is 3.53. The molecule has 5 nitrogen and oxygen atoms in total. The first-order chi connectivity index (χ1) is 8.58. The van der Waals surface area contributed by atoms with Crippen molar-refractivity contribution < 1.29 is 14.7 Å². The number of carbonyl (C=O) groups is 1. The fourth-order valence-electron chi connectivity index (χ4n) is 2.54. The van der Waals surface area contributed by atoms with Crippen LogP contribution in [-0.2, 0) is 22.4 Å². The zero-order valence-corrected chi connectivity index (χ0v) is 10.4. The van der Waals surface area contributed by atoms with Crippen LogP contribution in [0, 0.1) is 12.8 Å². The molecule has 1 aromatic rings. The van der Waals surface area contributed by atoms with E-state index >= 15 is 0 Å². The van der Waals surface area contributed by atoms with E-state index in [1.54, 1.807) is 0 Å². The Morgan fingerprint density at radius 3 is 2.83 bits per heavy atom. The summed E-state index contributed by atoms with van der Waals surface area (Å²) in [5.41, 5.74) is 9.54. The Morgan fingerprint density at radius 2 is 2.22 bits per heavy atom. The zero-order valence-electron chi connectivity index (χ0n) is 10.4. The first kappa shape index (κ1) is 12.4. The standard InChI is InChI=1S/C13H16N2O3/c1-7-10(12(14)15-17)4-3-8-5-9(6-11(7)8)13(16)18-2/h3-4,9,17H,5-6H2,1-2H3,(H2,14,15). The molecule has 5 heteroatoms. The highest BCUT2D eigenvalue weighted by Gasteiger charge is 2.30. The van der Waals surface area contributed by atoms with Crippen LogP contribution in [0.25, 0.3) is 0 Å². The van der Waals surface area contributed by atoms with Crippen molar-refractivity contribution in [2.75, 3.05) is 7.11 Å². The maximum Gasteiger partial charge on any atom is 0.309 e. The molecule has 1 aliphatic carbocycles. The number of nitrogens with two attached hydrogens (primary N) is 1. The summed E-state index contributed by atoms with van der Waals surface area (Å²) in [4.78, 5) is 11.6. The van der Waals surface area contributed by atoms with Crippen LogP contribution < -0.4 is 5.73 Å². The molecule has 0 spiro atoms. The summed E-state index contributed by atoms with van der Waals surface area (Å²) in [5.74, 6) is -0.209. The topological polar surface area (TPSA) is 84.9 Å². The Balaban J connectivity index is 2.37. The Kier molecular flexibility index (Phi) is 3.23. The lowest BCUT2D eigenvalue weighted by Gasteiger charge is -2.09. The van der Waals surface area contributed by atoms with Crippen molar-refractivity contribution in [3.63, 3.8) is 0 Å². The molecule has 1 unspecified atom stereocenters. The molecule has 0 heterocycles. The molecule has 0 amide bonds. The van der Waals surface area contributed by atoms with E-state index in [0.29, 0.717) is 18.4 Å². The van der Waals surface area contributed by atoms with Crippen LogP contribution in [0.4, 0.5) is 0 Å². The van der Waals surface area contributed by atoms with Gasteiger partial charge in [-0.2, -0.15) is 0 Å². The van der Waals surface area contributed by atoms with Crippen LogP contribution in [0.15, 0.2) is 17.3 Å². The van der Waals surface area contributed by atoms with Gasteiger partial charge in [0, 0.05) is 5.56 Å². The summed E-state index contributed by atoms with van der Waals surface area (Å²) in [6, 6.07) is 3.75. The molecule has 0 saturated carbocycles. The fraction of sp³-hybridized carbons (Fsp3) is 0.385. The van der Waals surface area contributed by atoms with Gasteiger partial charge in [-0.25, -0.2) is 0 Å². The molecule has 0 aliphatic heterocycles. The summed E-state index contributed by atoms with van der Waals surface area (Å²) >= 11 is 0. The van der Waals surface area contributed by atoms with Gasteiger partial charge in [-0.1, -0.05) is 17.3 Å². The Hall–Kier alpha value is -2.04. The van der Waals surface area contributed by atoms with Crippen molar-refractivity contribution in [3.05, 3.63) is 34.4 Å². The van der Waals surface area contributed by atoms with E-state index in [0.717, 1.165) is 16.7 Å². The summed E-state index contributed by atoms with van der Waals surface area (Å²) in [5, 5.41) is 11.7. The molecule has 0 saturated heterocycles. The van der Waals surface area contributed by atoms with Gasteiger partial charge in [-0.05, 0) is 36.5 Å². The van der Waals surface area contributed by atoms with Gasteiger partial charge in [-0.3, -0.25) is 4.79 Å². The van der Waals surface area contributed by atoms with Crippen molar-refractivity contribution in [2.24, 2.45) is 16.8 Å². The van der Waals surface area contributed by atoms with Crippen molar-refractivity contribution in [1.29, 1.82) is 0 Å². The van der Waals surface area contributed by atoms with Crippen molar-refractivity contribution in [2.45, 2.75) is 19.8 Å². The maximum absolute atomic E-state index is 11.6. The molecule has 96 valence electrons. The minimum atomic E-state index is -0.184. The van der Waals surface area contributed by atoms with Crippen LogP contribution >= 0.6 is 0 Å². The molecule has 2 rings (SSSR count). The Labute approximate surface area is 105 Å². The number of benzene rings is 1. The molecule has 18 heavy (non-hydrogen) atoms. The molecule has 1 atom stereocenters. The first-order valence-corrected chi connectivity index (χ1v) is 5.75. The zero-order chi connectivity index (χ0) is 13.3. The van der Waals surface area contributed by atoms with Crippen molar-refractivity contribution in [3.8, 4) is 0 Å². The van der Waals surface area contributed by atoms with E-state index in [1.807, 2.05) is 19.1 Å². The minimum absolute atomic E-state index is 0.0943. The van der Waals surface area contributed by atoms with Gasteiger partial charge >= 0.3 is 5.97 Å². The fourth-order valence-corrected chi connectivity index (χ4v) is 2.54. The second-order valence-electron chi connectivity index (χ2n) is 4.49. The van der Waals surface area contributed by atoms with E-state index in [9.17, 15) is 4.79 Å². The quantitative estimate of drug-likeness (QED) is 0.268. The summed E-state index contributed by atoms with van der Waals surface area (Å²) in [6.07, 6.45) is 1.35. The number of rotatable bonds is 2. The van der Waals surface area contributed by atoms with Crippen molar-refractivity contribution >= 4 is 11.8 Å². The smallest absolute Gasteiger partial charge is 0.309 e. The minimum Gasteiger partial charge on any atom is -0.469 e. The SMILES string of the molecule is COC(=O)C1Cc2ccc(/C(N)=N/O)c(C)c2C1. The van der Waals surface area contributed by atoms with Gasteiger partial charge in [0.15, 0.2) is 5.84 Å². The average Bonchev–Trinajstić information content (AvgIpc) is 2.82. The number of carbonyl (C=O) groups excluding carboxylic acids is 1. The van der Waals surface area contributed by atoms with E-state index in [1.165, 1.54) is 7.11 Å². The molecule has 3 N–H and O–H groups in total. The highest BCUT2D eigenvalue weighted by Crippen LogP contribution is 2.31. The average molecular weight is 248 g/mol. The monoisotopic (exact) mass is 248 g/mol. The summed E-state index contributed by atoms with van der Waals surface area (Å²) < 4.78 is 4.78. The second-order valence-corrected chi connectivity index (χ2v) is 4.49. The number of methoxy groups -OCH3 is 1. The summed E-state index contributed by atoms with van der Waals surface area (Å²) in [7, 11) is 1.40. The van der Waals surface area contributed by atoms with Crippen LogP contribution in [0.3, 0.4) is 0 Å². The van der Waals surface area contributed by atoms with Gasteiger partial charge < -0.3 is 15.7 Å². The van der Waals surface area contributed by atoms with Crippen molar-refractivity contribution in [1.82, 2.24) is 0 Å². The number of amidine groups is 1. The number of hydrogen-bond donors (Lipinski definition) is 2. The van der Waals surface area contributed by atoms with Crippen LogP contribution in [0.1, 0.15) is 22.3 Å². The third kappa shape index (κ3) is 1.92. The molecule has 0 radical (unpaired) electrons. The number of hydrogen-bond acceptors (Lipinski definition) is 4. The Bertz CT molecular complexity index is 523. The van der Waals surface area contributed by atoms with Gasteiger partial charge in [-0.15, -0.1) is 0 Å². The number of esters is 1. The highest BCUT2D eigenvalue weighted by atomic mass is 16.5. The normalized spacial score (nSPS) is 18.6. The lowest BCUT2D eigenvalue weighted by atomic mass is 9.98. The lowest BCUT2D eigenvalue weighted by molar-refractivity contribution is -0.145. The van der Waals surface area contributed by atoms with Crippen LogP contribution in [-0.4, -0.2) is 24.1 Å².